The summed E-state index contributed by atoms with van der Waals surface area (Å²) >= 11 is 7.26. The van der Waals surface area contributed by atoms with Gasteiger partial charge in [-0.25, -0.2) is 9.97 Å². The SMILES string of the molecule is CCCCCCC/C=C/C=C/c1nc2c(Br)ccc(Br)c2nc1/C=C/C=C/CCCCCCC. The van der Waals surface area contributed by atoms with Crippen molar-refractivity contribution in [3.8, 4) is 0 Å². The first-order valence-electron chi connectivity index (χ1n) is 13.0. The van der Waals surface area contributed by atoms with Crippen LogP contribution in [0.4, 0.5) is 0 Å². The molecule has 0 radical (unpaired) electrons. The quantitative estimate of drug-likeness (QED) is 0.144. The van der Waals surface area contributed by atoms with Crippen LogP contribution in [-0.4, -0.2) is 9.97 Å². The summed E-state index contributed by atoms with van der Waals surface area (Å²) in [4.78, 5) is 9.85. The van der Waals surface area contributed by atoms with Crippen LogP contribution in [0, 0.1) is 0 Å². The van der Waals surface area contributed by atoms with Gasteiger partial charge < -0.3 is 0 Å². The predicted molar refractivity (Wildman–Crippen MR) is 158 cm³/mol. The number of hydrogen-bond donors (Lipinski definition) is 0. The molecule has 2 aromatic rings. The molecular weight excluding hydrogens is 548 g/mol. The van der Waals surface area contributed by atoms with E-state index in [1.165, 1.54) is 64.2 Å². The minimum Gasteiger partial charge on any atom is -0.243 e. The summed E-state index contributed by atoms with van der Waals surface area (Å²) in [5.74, 6) is 0. The summed E-state index contributed by atoms with van der Waals surface area (Å²) in [5.41, 5.74) is 3.49. The fraction of sp³-hybridized carbons (Fsp3) is 0.467. The van der Waals surface area contributed by atoms with E-state index in [1.807, 2.05) is 12.1 Å². The summed E-state index contributed by atoms with van der Waals surface area (Å²) in [6.07, 6.45) is 32.5. The fourth-order valence-electron chi connectivity index (χ4n) is 3.72. The fourth-order valence-corrected chi connectivity index (χ4v) is 4.54. The first-order valence-corrected chi connectivity index (χ1v) is 14.6. The van der Waals surface area contributed by atoms with E-state index in [0.29, 0.717) is 0 Å². The van der Waals surface area contributed by atoms with Crippen molar-refractivity contribution in [2.24, 2.45) is 0 Å². The molecule has 1 aromatic heterocycles. The number of allylic oxidation sites excluding steroid dienone is 6. The van der Waals surface area contributed by atoms with Crippen LogP contribution in [0.1, 0.15) is 102 Å². The molecule has 0 aliphatic carbocycles. The Balaban J connectivity index is 2.07. The number of unbranched alkanes of at least 4 members (excludes halogenated alkanes) is 10. The van der Waals surface area contributed by atoms with Gasteiger partial charge >= 0.3 is 0 Å². The highest BCUT2D eigenvalue weighted by molar-refractivity contribution is 9.11. The van der Waals surface area contributed by atoms with E-state index in [9.17, 15) is 0 Å². The van der Waals surface area contributed by atoms with Crippen molar-refractivity contribution in [3.63, 3.8) is 0 Å². The molecule has 0 saturated heterocycles. The lowest BCUT2D eigenvalue weighted by Crippen LogP contribution is -1.95. The Morgan fingerprint density at radius 3 is 1.41 bits per heavy atom. The largest absolute Gasteiger partial charge is 0.243 e. The number of halogens is 2. The van der Waals surface area contributed by atoms with Crippen molar-refractivity contribution in [3.05, 3.63) is 68.9 Å². The Bertz CT molecular complexity index is 895. The lowest BCUT2D eigenvalue weighted by atomic mass is 10.1. The number of aromatic nitrogens is 2. The van der Waals surface area contributed by atoms with E-state index in [4.69, 9.17) is 9.97 Å². The first kappa shape index (κ1) is 28.7. The van der Waals surface area contributed by atoms with Gasteiger partial charge in [0.25, 0.3) is 0 Å². The topological polar surface area (TPSA) is 25.8 Å². The molecule has 184 valence electrons. The van der Waals surface area contributed by atoms with Crippen molar-refractivity contribution in [2.75, 3.05) is 0 Å². The van der Waals surface area contributed by atoms with Crippen LogP contribution < -0.4 is 0 Å². The molecule has 34 heavy (non-hydrogen) atoms. The molecular formula is C30H40Br2N2. The smallest absolute Gasteiger partial charge is 0.105 e. The Kier molecular flexibility index (Phi) is 15.1. The summed E-state index contributed by atoms with van der Waals surface area (Å²) < 4.78 is 1.91. The monoisotopic (exact) mass is 586 g/mol. The minimum atomic E-state index is 0.869. The van der Waals surface area contributed by atoms with Crippen molar-refractivity contribution < 1.29 is 0 Å². The Hall–Kier alpha value is -1.52. The number of hydrogen-bond acceptors (Lipinski definition) is 2. The number of benzene rings is 1. The van der Waals surface area contributed by atoms with Crippen LogP contribution in [0.25, 0.3) is 23.2 Å². The summed E-state index contributed by atoms with van der Waals surface area (Å²) in [5, 5.41) is 0. The van der Waals surface area contributed by atoms with Gasteiger partial charge in [-0.3, -0.25) is 0 Å². The lowest BCUT2D eigenvalue weighted by Gasteiger charge is -2.06. The molecule has 0 bridgehead atoms. The van der Waals surface area contributed by atoms with Crippen LogP contribution in [0.5, 0.6) is 0 Å². The third-order valence-corrected chi connectivity index (χ3v) is 7.01. The van der Waals surface area contributed by atoms with Gasteiger partial charge in [0.05, 0.1) is 11.4 Å². The molecule has 1 heterocycles. The summed E-state index contributed by atoms with van der Waals surface area (Å²) in [7, 11) is 0. The highest BCUT2D eigenvalue weighted by Gasteiger charge is 2.10. The molecule has 1 aromatic carbocycles. The van der Waals surface area contributed by atoms with Crippen LogP contribution in [-0.2, 0) is 0 Å². The molecule has 0 amide bonds. The average molecular weight is 588 g/mol. The van der Waals surface area contributed by atoms with Gasteiger partial charge in [0.1, 0.15) is 11.0 Å². The Morgan fingerprint density at radius 2 is 1.00 bits per heavy atom. The maximum absolute atomic E-state index is 4.92. The van der Waals surface area contributed by atoms with E-state index in [0.717, 1.165) is 44.2 Å². The van der Waals surface area contributed by atoms with E-state index in [-0.39, 0.29) is 0 Å². The highest BCUT2D eigenvalue weighted by atomic mass is 79.9. The van der Waals surface area contributed by atoms with E-state index in [1.54, 1.807) is 0 Å². The second-order valence-corrected chi connectivity index (χ2v) is 10.4. The van der Waals surface area contributed by atoms with Gasteiger partial charge in [-0.15, -0.1) is 0 Å². The molecule has 0 N–H and O–H groups in total. The third kappa shape index (κ3) is 10.8. The van der Waals surface area contributed by atoms with Crippen LogP contribution in [0.3, 0.4) is 0 Å². The first-order chi connectivity index (χ1) is 16.7. The molecule has 2 rings (SSSR count). The van der Waals surface area contributed by atoms with Crippen LogP contribution >= 0.6 is 31.9 Å². The average Bonchev–Trinajstić information content (AvgIpc) is 2.84. The lowest BCUT2D eigenvalue weighted by molar-refractivity contribution is 0.637. The minimum absolute atomic E-state index is 0.869. The molecule has 2 nitrogen and oxygen atoms in total. The molecule has 4 heteroatoms. The number of rotatable bonds is 16. The maximum atomic E-state index is 4.92. The highest BCUT2D eigenvalue weighted by Crippen LogP contribution is 2.29. The van der Waals surface area contributed by atoms with Crippen LogP contribution in [0.15, 0.2) is 57.5 Å². The van der Waals surface area contributed by atoms with Crippen molar-refractivity contribution in [1.82, 2.24) is 9.97 Å². The van der Waals surface area contributed by atoms with Crippen molar-refractivity contribution >= 4 is 55.0 Å². The van der Waals surface area contributed by atoms with E-state index < -0.39 is 0 Å². The zero-order chi connectivity index (χ0) is 24.4. The predicted octanol–water partition coefficient (Wildman–Crippen LogP) is 11.0. The van der Waals surface area contributed by atoms with Gasteiger partial charge in [0.2, 0.25) is 0 Å². The van der Waals surface area contributed by atoms with Gasteiger partial charge in [-0.2, -0.15) is 0 Å². The molecule has 0 aliphatic rings. The van der Waals surface area contributed by atoms with E-state index in [2.05, 4.69) is 94.3 Å². The molecule has 0 fully saturated rings. The Morgan fingerprint density at radius 1 is 0.588 bits per heavy atom. The summed E-state index contributed by atoms with van der Waals surface area (Å²) in [6.45, 7) is 4.51. The number of nitrogens with zero attached hydrogens (tertiary/aromatic N) is 2. The van der Waals surface area contributed by atoms with Crippen molar-refractivity contribution in [1.29, 1.82) is 0 Å². The zero-order valence-corrected chi connectivity index (χ0v) is 24.1. The van der Waals surface area contributed by atoms with Crippen molar-refractivity contribution in [2.45, 2.75) is 90.9 Å². The third-order valence-electron chi connectivity index (χ3n) is 5.73. The second-order valence-electron chi connectivity index (χ2n) is 8.70. The maximum Gasteiger partial charge on any atom is 0.105 e. The molecule has 0 aliphatic heterocycles. The molecule has 0 unspecified atom stereocenters. The van der Waals surface area contributed by atoms with E-state index >= 15 is 0 Å². The normalized spacial score (nSPS) is 12.5. The van der Waals surface area contributed by atoms with Gasteiger partial charge in [-0.05, 0) is 81.8 Å². The summed E-state index contributed by atoms with van der Waals surface area (Å²) in [6, 6.07) is 4.01. The molecule has 0 spiro atoms. The second kappa shape index (κ2) is 17.8. The number of fused-ring (bicyclic) bond motifs is 1. The molecule has 0 atom stereocenters. The standard InChI is InChI=1S/C30H40Br2N2/c1-3-5-7-9-11-13-15-17-19-21-27-28(22-20-18-16-14-12-10-8-6-4-2)34-30-26(32)24-23-25(31)29(30)33-27/h15-24H,3-14H2,1-2H3/b17-15+,18-16+,21-19+,22-20+. The Labute approximate surface area is 224 Å². The zero-order valence-electron chi connectivity index (χ0n) is 20.9. The van der Waals surface area contributed by atoms with Gasteiger partial charge in [0.15, 0.2) is 0 Å². The van der Waals surface area contributed by atoms with Crippen LogP contribution in [0.2, 0.25) is 0 Å². The van der Waals surface area contributed by atoms with Gasteiger partial charge in [0, 0.05) is 8.95 Å². The van der Waals surface area contributed by atoms with Gasteiger partial charge in [-0.1, -0.05) is 102 Å². The molecule has 0 saturated carbocycles.